The van der Waals surface area contributed by atoms with Crippen molar-refractivity contribution in [2.24, 2.45) is 16.3 Å². The Balaban J connectivity index is 2.67. The maximum Gasteiger partial charge on any atom is 0.252 e. The van der Waals surface area contributed by atoms with Crippen molar-refractivity contribution < 1.29 is 10.0 Å². The van der Waals surface area contributed by atoms with E-state index in [2.05, 4.69) is 15.5 Å². The Kier molecular flexibility index (Phi) is 4.25. The smallest absolute Gasteiger partial charge is 0.252 e. The van der Waals surface area contributed by atoms with Gasteiger partial charge in [0.05, 0.1) is 5.56 Å². The summed E-state index contributed by atoms with van der Waals surface area (Å²) >= 11 is 0. The molecule has 0 spiro atoms. The van der Waals surface area contributed by atoms with Crippen LogP contribution in [0.4, 0.5) is 0 Å². The number of nitrogens with one attached hydrogen (secondary N) is 1. The van der Waals surface area contributed by atoms with Crippen molar-refractivity contribution in [3.8, 4) is 0 Å². The van der Waals surface area contributed by atoms with Crippen LogP contribution < -0.4 is 11.1 Å². The summed E-state index contributed by atoms with van der Waals surface area (Å²) in [6.07, 6.45) is 3.18. The van der Waals surface area contributed by atoms with Gasteiger partial charge < -0.3 is 16.3 Å². The Morgan fingerprint density at radius 1 is 1.56 bits per heavy atom. The normalized spacial score (nSPS) is 12.3. The van der Waals surface area contributed by atoms with Crippen LogP contribution in [0.25, 0.3) is 0 Å². The van der Waals surface area contributed by atoms with Gasteiger partial charge in [-0.05, 0) is 18.6 Å². The van der Waals surface area contributed by atoms with E-state index in [4.69, 9.17) is 10.9 Å². The van der Waals surface area contributed by atoms with Crippen molar-refractivity contribution in [3.05, 3.63) is 29.6 Å². The van der Waals surface area contributed by atoms with Gasteiger partial charge in [-0.25, -0.2) is 0 Å². The lowest BCUT2D eigenvalue weighted by molar-refractivity contribution is 0.0944. The number of rotatable bonds is 4. The molecule has 98 valence electrons. The van der Waals surface area contributed by atoms with Gasteiger partial charge in [-0.15, -0.1) is 0 Å². The van der Waals surface area contributed by atoms with Gasteiger partial charge >= 0.3 is 0 Å². The van der Waals surface area contributed by atoms with Gasteiger partial charge in [0.25, 0.3) is 5.91 Å². The molecule has 1 rings (SSSR count). The number of carbonyl (C=O) groups excluding carboxylic acids is 1. The van der Waals surface area contributed by atoms with Crippen LogP contribution in [-0.4, -0.2) is 28.5 Å². The van der Waals surface area contributed by atoms with E-state index in [-0.39, 0.29) is 18.3 Å². The molecule has 1 aromatic heterocycles. The Bertz CT molecular complexity index is 469. The zero-order valence-electron chi connectivity index (χ0n) is 10.8. The lowest BCUT2D eigenvalue weighted by Gasteiger charge is -2.23. The van der Waals surface area contributed by atoms with Gasteiger partial charge in [-0.1, -0.05) is 19.0 Å². The average Bonchev–Trinajstić information content (AvgIpc) is 2.35. The number of aryl methyl sites for hydroxylation is 1. The minimum Gasteiger partial charge on any atom is -0.409 e. The number of amidine groups is 1. The van der Waals surface area contributed by atoms with Gasteiger partial charge in [-0.3, -0.25) is 9.78 Å². The summed E-state index contributed by atoms with van der Waals surface area (Å²) in [4.78, 5) is 15.8. The second-order valence-electron chi connectivity index (χ2n) is 4.80. The quantitative estimate of drug-likeness (QED) is 0.320. The van der Waals surface area contributed by atoms with Crippen molar-refractivity contribution >= 4 is 11.7 Å². The second-order valence-corrected chi connectivity index (χ2v) is 4.80. The molecule has 0 fully saturated rings. The van der Waals surface area contributed by atoms with Crippen LogP contribution in [0.15, 0.2) is 23.6 Å². The van der Waals surface area contributed by atoms with Crippen LogP contribution in [0.2, 0.25) is 0 Å². The molecule has 1 heterocycles. The molecule has 0 bridgehead atoms. The molecule has 0 aromatic carbocycles. The molecule has 0 radical (unpaired) electrons. The number of pyridine rings is 1. The number of amides is 1. The largest absolute Gasteiger partial charge is 0.409 e. The minimum absolute atomic E-state index is 0.0742. The number of carbonyl (C=O) groups is 1. The van der Waals surface area contributed by atoms with E-state index in [9.17, 15) is 4.79 Å². The third kappa shape index (κ3) is 3.44. The topological polar surface area (TPSA) is 101 Å². The SMILES string of the molecule is Cc1cncc(C(=O)NCC(C)(C)/C(N)=N/O)c1. The van der Waals surface area contributed by atoms with Gasteiger partial charge in [0.2, 0.25) is 0 Å². The Hall–Kier alpha value is -2.11. The number of aromatic nitrogens is 1. The summed E-state index contributed by atoms with van der Waals surface area (Å²) in [7, 11) is 0. The minimum atomic E-state index is -0.609. The zero-order valence-corrected chi connectivity index (χ0v) is 10.8. The number of nitrogens with two attached hydrogens (primary N) is 1. The number of oxime groups is 1. The maximum atomic E-state index is 11.9. The molecular formula is C12H18N4O2. The Labute approximate surface area is 106 Å². The molecule has 0 unspecified atom stereocenters. The molecule has 0 aliphatic heterocycles. The van der Waals surface area contributed by atoms with Gasteiger partial charge in [-0.2, -0.15) is 0 Å². The first-order valence-electron chi connectivity index (χ1n) is 5.54. The van der Waals surface area contributed by atoms with Crippen LogP contribution in [-0.2, 0) is 0 Å². The Morgan fingerprint density at radius 2 is 2.22 bits per heavy atom. The highest BCUT2D eigenvalue weighted by Crippen LogP contribution is 2.13. The molecule has 18 heavy (non-hydrogen) atoms. The fraction of sp³-hybridized carbons (Fsp3) is 0.417. The summed E-state index contributed by atoms with van der Waals surface area (Å²) in [5, 5.41) is 14.3. The van der Waals surface area contributed by atoms with E-state index in [1.54, 1.807) is 26.1 Å². The van der Waals surface area contributed by atoms with E-state index in [1.165, 1.54) is 6.20 Å². The fourth-order valence-corrected chi connectivity index (χ4v) is 1.31. The summed E-state index contributed by atoms with van der Waals surface area (Å²) < 4.78 is 0. The van der Waals surface area contributed by atoms with E-state index < -0.39 is 5.41 Å². The first-order valence-corrected chi connectivity index (χ1v) is 5.54. The molecule has 0 aliphatic carbocycles. The molecule has 6 heteroatoms. The van der Waals surface area contributed by atoms with Crippen molar-refractivity contribution in [1.29, 1.82) is 0 Å². The number of hydrogen-bond donors (Lipinski definition) is 3. The molecular weight excluding hydrogens is 232 g/mol. The van der Waals surface area contributed by atoms with E-state index in [0.29, 0.717) is 5.56 Å². The van der Waals surface area contributed by atoms with E-state index in [0.717, 1.165) is 5.56 Å². The van der Waals surface area contributed by atoms with Gasteiger partial charge in [0.15, 0.2) is 0 Å². The molecule has 1 amide bonds. The molecule has 0 aliphatic rings. The third-order valence-electron chi connectivity index (χ3n) is 2.63. The first kappa shape index (κ1) is 14.0. The van der Waals surface area contributed by atoms with Crippen molar-refractivity contribution in [2.45, 2.75) is 20.8 Å². The van der Waals surface area contributed by atoms with Crippen LogP contribution >= 0.6 is 0 Å². The summed E-state index contributed by atoms with van der Waals surface area (Å²) in [6.45, 7) is 5.69. The fourth-order valence-electron chi connectivity index (χ4n) is 1.31. The number of hydrogen-bond acceptors (Lipinski definition) is 4. The molecule has 6 nitrogen and oxygen atoms in total. The number of nitrogens with zero attached hydrogens (tertiary/aromatic N) is 2. The highest BCUT2D eigenvalue weighted by atomic mass is 16.4. The van der Waals surface area contributed by atoms with Crippen molar-refractivity contribution in [2.75, 3.05) is 6.54 Å². The summed E-state index contributed by atoms with van der Waals surface area (Å²) in [5.74, 6) is -0.157. The predicted octanol–water partition coefficient (Wildman–Crippen LogP) is 0.892. The highest BCUT2D eigenvalue weighted by Gasteiger charge is 2.24. The molecule has 0 saturated heterocycles. The molecule has 0 atom stereocenters. The van der Waals surface area contributed by atoms with Crippen LogP contribution in [0.1, 0.15) is 29.8 Å². The third-order valence-corrected chi connectivity index (χ3v) is 2.63. The maximum absolute atomic E-state index is 11.9. The van der Waals surface area contributed by atoms with E-state index in [1.807, 2.05) is 6.92 Å². The van der Waals surface area contributed by atoms with Gasteiger partial charge in [0.1, 0.15) is 5.84 Å². The first-order chi connectivity index (χ1) is 8.36. The lowest BCUT2D eigenvalue weighted by atomic mass is 9.92. The monoisotopic (exact) mass is 250 g/mol. The zero-order chi connectivity index (χ0) is 13.8. The van der Waals surface area contributed by atoms with Crippen molar-refractivity contribution in [3.63, 3.8) is 0 Å². The Morgan fingerprint density at radius 3 is 2.78 bits per heavy atom. The average molecular weight is 250 g/mol. The van der Waals surface area contributed by atoms with Crippen molar-refractivity contribution in [1.82, 2.24) is 10.3 Å². The van der Waals surface area contributed by atoms with Crippen LogP contribution in [0, 0.1) is 12.3 Å². The van der Waals surface area contributed by atoms with E-state index >= 15 is 0 Å². The lowest BCUT2D eigenvalue weighted by Crippen LogP contribution is -2.42. The van der Waals surface area contributed by atoms with Crippen LogP contribution in [0.3, 0.4) is 0 Å². The summed E-state index contributed by atoms with van der Waals surface area (Å²) in [5.41, 5.74) is 6.33. The summed E-state index contributed by atoms with van der Waals surface area (Å²) in [6, 6.07) is 1.75. The van der Waals surface area contributed by atoms with Gasteiger partial charge in [0, 0.05) is 24.4 Å². The molecule has 1 aromatic rings. The predicted molar refractivity (Wildman–Crippen MR) is 68.5 cm³/mol. The second kappa shape index (κ2) is 5.48. The van der Waals surface area contributed by atoms with Crippen LogP contribution in [0.5, 0.6) is 0 Å². The highest BCUT2D eigenvalue weighted by molar-refractivity contribution is 5.94. The molecule has 0 saturated carbocycles. The molecule has 4 N–H and O–H groups in total. The standard InChI is InChI=1S/C12H18N4O2/c1-8-4-9(6-14-5-8)10(17)15-7-12(2,3)11(13)16-18/h4-6,18H,7H2,1-3H3,(H2,13,16)(H,15,17).